The molecule has 4 nitrogen and oxygen atoms in total. The van der Waals surface area contributed by atoms with Crippen molar-refractivity contribution >= 4 is 11.6 Å². The van der Waals surface area contributed by atoms with Gasteiger partial charge in [0.25, 0.3) is 0 Å². The molecule has 0 unspecified atom stereocenters. The van der Waals surface area contributed by atoms with Crippen LogP contribution in [0.25, 0.3) is 0 Å². The second-order valence-corrected chi connectivity index (χ2v) is 7.96. The van der Waals surface area contributed by atoms with E-state index in [1.54, 1.807) is 7.11 Å². The number of rotatable bonds is 5. The Morgan fingerprint density at radius 3 is 2.81 bits per heavy atom. The molecule has 2 aromatic rings. The van der Waals surface area contributed by atoms with Gasteiger partial charge in [-0.25, -0.2) is 0 Å². The molecule has 1 aromatic carbocycles. The summed E-state index contributed by atoms with van der Waals surface area (Å²) in [5.74, 6) is 1.49. The summed E-state index contributed by atoms with van der Waals surface area (Å²) in [7, 11) is 1.66. The number of hydrogen-bond donors (Lipinski definition) is 0. The Bertz CT molecular complexity index is 739. The molecule has 1 aromatic heterocycles. The van der Waals surface area contributed by atoms with E-state index in [9.17, 15) is 0 Å². The standard InChI is InChI=1S/C21H26ClN3O/c1-26-21-7-5-16(9-20(21)22)13-25-14-18-4-6-19(25)15-24(12-18)11-17-3-2-8-23-10-17/h2-3,5,7-10,18-19H,4,6,11-15H2,1H3/t18-,19+/m0/s1. The fourth-order valence-electron chi connectivity index (χ4n) is 4.39. The van der Waals surface area contributed by atoms with Gasteiger partial charge in [-0.05, 0) is 48.1 Å². The Morgan fingerprint density at radius 2 is 2.04 bits per heavy atom. The van der Waals surface area contributed by atoms with E-state index in [1.807, 2.05) is 30.6 Å². The van der Waals surface area contributed by atoms with Crippen LogP contribution >= 0.6 is 11.6 Å². The molecular weight excluding hydrogens is 346 g/mol. The van der Waals surface area contributed by atoms with Crippen LogP contribution in [0, 0.1) is 5.92 Å². The Labute approximate surface area is 160 Å². The van der Waals surface area contributed by atoms with Gasteiger partial charge in [-0.1, -0.05) is 23.7 Å². The molecule has 5 heteroatoms. The molecule has 2 bridgehead atoms. The van der Waals surface area contributed by atoms with Gasteiger partial charge in [0.15, 0.2) is 0 Å². The van der Waals surface area contributed by atoms with Gasteiger partial charge < -0.3 is 4.74 Å². The van der Waals surface area contributed by atoms with Crippen LogP contribution < -0.4 is 4.74 Å². The summed E-state index contributed by atoms with van der Waals surface area (Å²) >= 11 is 6.31. The maximum atomic E-state index is 6.31. The Hall–Kier alpha value is -1.62. The second-order valence-electron chi connectivity index (χ2n) is 7.55. The molecule has 4 heterocycles. The van der Waals surface area contributed by atoms with Crippen molar-refractivity contribution < 1.29 is 4.74 Å². The summed E-state index contributed by atoms with van der Waals surface area (Å²) in [6, 6.07) is 11.0. The molecule has 0 N–H and O–H groups in total. The van der Waals surface area contributed by atoms with Gasteiger partial charge in [-0.15, -0.1) is 0 Å². The third kappa shape index (κ3) is 4.03. The van der Waals surface area contributed by atoms with Gasteiger partial charge in [-0.3, -0.25) is 14.8 Å². The summed E-state index contributed by atoms with van der Waals surface area (Å²) < 4.78 is 5.27. The summed E-state index contributed by atoms with van der Waals surface area (Å²) in [6.07, 6.45) is 6.47. The number of pyridine rings is 1. The predicted molar refractivity (Wildman–Crippen MR) is 104 cm³/mol. The molecule has 5 rings (SSSR count). The maximum Gasteiger partial charge on any atom is 0.137 e. The lowest BCUT2D eigenvalue weighted by molar-refractivity contribution is 0.123. The average molecular weight is 372 g/mol. The van der Waals surface area contributed by atoms with Crippen molar-refractivity contribution in [1.82, 2.24) is 14.8 Å². The molecule has 0 spiro atoms. The fraction of sp³-hybridized carbons (Fsp3) is 0.476. The van der Waals surface area contributed by atoms with Gasteiger partial charge in [-0.2, -0.15) is 0 Å². The number of ether oxygens (including phenoxy) is 1. The lowest BCUT2D eigenvalue weighted by atomic mass is 9.94. The second kappa shape index (κ2) is 7.95. The third-order valence-corrected chi connectivity index (χ3v) is 5.93. The first-order chi connectivity index (χ1) is 12.7. The molecule has 0 aliphatic carbocycles. The summed E-state index contributed by atoms with van der Waals surface area (Å²) in [6.45, 7) is 5.47. The van der Waals surface area contributed by atoms with E-state index in [0.29, 0.717) is 11.1 Å². The minimum Gasteiger partial charge on any atom is -0.495 e. The zero-order valence-corrected chi connectivity index (χ0v) is 16.0. The van der Waals surface area contributed by atoms with Crippen LogP contribution in [-0.4, -0.2) is 47.6 Å². The van der Waals surface area contributed by atoms with Crippen LogP contribution in [0.5, 0.6) is 5.75 Å². The van der Waals surface area contributed by atoms with Crippen molar-refractivity contribution in [3.8, 4) is 5.75 Å². The van der Waals surface area contributed by atoms with Gasteiger partial charge in [0, 0.05) is 51.2 Å². The van der Waals surface area contributed by atoms with Crippen LogP contribution in [0.2, 0.25) is 5.02 Å². The van der Waals surface area contributed by atoms with Gasteiger partial charge in [0.1, 0.15) is 5.75 Å². The molecular formula is C21H26ClN3O. The lowest BCUT2D eigenvalue weighted by Crippen LogP contribution is -2.43. The SMILES string of the molecule is COc1ccc(CN2C[C@H]3CC[C@@H]2CN(Cc2cccnc2)C3)cc1Cl. The molecule has 0 saturated carbocycles. The number of piperidine rings is 1. The highest BCUT2D eigenvalue weighted by atomic mass is 35.5. The minimum atomic E-state index is 0.617. The van der Waals surface area contributed by atoms with Gasteiger partial charge in [0.2, 0.25) is 0 Å². The number of halogens is 1. The highest BCUT2D eigenvalue weighted by molar-refractivity contribution is 6.32. The van der Waals surface area contributed by atoms with Crippen LogP contribution in [0.15, 0.2) is 42.7 Å². The topological polar surface area (TPSA) is 28.6 Å². The van der Waals surface area contributed by atoms with E-state index in [0.717, 1.165) is 31.3 Å². The van der Waals surface area contributed by atoms with Crippen molar-refractivity contribution in [2.45, 2.75) is 32.0 Å². The Morgan fingerprint density at radius 1 is 1.12 bits per heavy atom. The van der Waals surface area contributed by atoms with E-state index in [2.05, 4.69) is 26.9 Å². The molecule has 3 aliphatic rings. The molecule has 26 heavy (non-hydrogen) atoms. The zero-order chi connectivity index (χ0) is 17.9. The lowest BCUT2D eigenvalue weighted by Gasteiger charge is -2.36. The zero-order valence-electron chi connectivity index (χ0n) is 15.3. The molecule has 3 fully saturated rings. The summed E-state index contributed by atoms with van der Waals surface area (Å²) in [5.41, 5.74) is 2.57. The van der Waals surface area contributed by atoms with E-state index < -0.39 is 0 Å². The van der Waals surface area contributed by atoms with Crippen molar-refractivity contribution in [1.29, 1.82) is 0 Å². The minimum absolute atomic E-state index is 0.617. The van der Waals surface area contributed by atoms with E-state index in [1.165, 1.54) is 37.1 Å². The van der Waals surface area contributed by atoms with Crippen molar-refractivity contribution in [2.24, 2.45) is 5.92 Å². The number of hydrogen-bond acceptors (Lipinski definition) is 4. The Kier molecular flexibility index (Phi) is 5.44. The normalized spacial score (nSPS) is 23.8. The number of fused-ring (bicyclic) bond motifs is 4. The van der Waals surface area contributed by atoms with Gasteiger partial charge in [0.05, 0.1) is 12.1 Å². The van der Waals surface area contributed by atoms with Crippen LogP contribution in [0.3, 0.4) is 0 Å². The van der Waals surface area contributed by atoms with Crippen molar-refractivity contribution in [3.05, 3.63) is 58.9 Å². The largest absolute Gasteiger partial charge is 0.495 e. The molecule has 3 aliphatic heterocycles. The molecule has 0 radical (unpaired) electrons. The smallest absolute Gasteiger partial charge is 0.137 e. The molecule has 3 saturated heterocycles. The molecule has 138 valence electrons. The summed E-state index contributed by atoms with van der Waals surface area (Å²) in [4.78, 5) is 9.52. The summed E-state index contributed by atoms with van der Waals surface area (Å²) in [5, 5.41) is 0.697. The first kappa shape index (κ1) is 17.8. The molecule has 0 amide bonds. The van der Waals surface area contributed by atoms with E-state index in [-0.39, 0.29) is 0 Å². The number of nitrogens with zero attached hydrogens (tertiary/aromatic N) is 3. The van der Waals surface area contributed by atoms with E-state index in [4.69, 9.17) is 16.3 Å². The number of benzene rings is 1. The predicted octanol–water partition coefficient (Wildman–Crippen LogP) is 3.84. The first-order valence-corrected chi connectivity index (χ1v) is 9.77. The average Bonchev–Trinajstić information content (AvgIpc) is 2.93. The van der Waals surface area contributed by atoms with E-state index >= 15 is 0 Å². The van der Waals surface area contributed by atoms with Crippen LogP contribution in [0.1, 0.15) is 24.0 Å². The fourth-order valence-corrected chi connectivity index (χ4v) is 4.67. The number of aromatic nitrogens is 1. The first-order valence-electron chi connectivity index (χ1n) is 9.39. The third-order valence-electron chi connectivity index (χ3n) is 5.63. The highest BCUT2D eigenvalue weighted by Gasteiger charge is 2.34. The quantitative estimate of drug-likeness (QED) is 0.798. The molecule has 2 atom stereocenters. The highest BCUT2D eigenvalue weighted by Crippen LogP contribution is 2.31. The van der Waals surface area contributed by atoms with Crippen LogP contribution in [-0.2, 0) is 13.1 Å². The van der Waals surface area contributed by atoms with Crippen LogP contribution in [0.4, 0.5) is 0 Å². The Balaban J connectivity index is 1.44. The van der Waals surface area contributed by atoms with Crippen molar-refractivity contribution in [2.75, 3.05) is 26.7 Å². The maximum absolute atomic E-state index is 6.31. The van der Waals surface area contributed by atoms with Crippen molar-refractivity contribution in [3.63, 3.8) is 0 Å². The monoisotopic (exact) mass is 371 g/mol. The van der Waals surface area contributed by atoms with Gasteiger partial charge >= 0.3 is 0 Å². The number of methoxy groups -OCH3 is 1.